The highest BCUT2D eigenvalue weighted by Gasteiger charge is 2.08. The molecule has 0 fully saturated rings. The fourth-order valence-corrected chi connectivity index (χ4v) is 1.89. The standard InChI is InChI=1S/C15H20N4O2/c1-4-12(8-20)18-13-6-5-11(7-16-13)14-17-10(3)9(2)15(21)19-14/h5-7,12,20H,4,8H2,1-3H3,(H,16,18)(H,17,19,21)/t12-/m0/s1. The molecular weight excluding hydrogens is 268 g/mol. The highest BCUT2D eigenvalue weighted by Crippen LogP contribution is 2.16. The molecule has 0 spiro atoms. The predicted molar refractivity (Wildman–Crippen MR) is 82.4 cm³/mol. The van der Waals surface area contributed by atoms with Crippen molar-refractivity contribution in [2.45, 2.75) is 33.2 Å². The molecule has 21 heavy (non-hydrogen) atoms. The molecule has 0 radical (unpaired) electrons. The monoisotopic (exact) mass is 288 g/mol. The van der Waals surface area contributed by atoms with Gasteiger partial charge in [0.25, 0.3) is 5.56 Å². The minimum Gasteiger partial charge on any atom is -0.394 e. The van der Waals surface area contributed by atoms with E-state index in [2.05, 4.69) is 20.3 Å². The molecule has 6 heteroatoms. The molecule has 2 aromatic rings. The van der Waals surface area contributed by atoms with Crippen LogP contribution in [0.2, 0.25) is 0 Å². The van der Waals surface area contributed by atoms with Gasteiger partial charge in [-0.1, -0.05) is 6.92 Å². The summed E-state index contributed by atoms with van der Waals surface area (Å²) in [6, 6.07) is 3.64. The highest BCUT2D eigenvalue weighted by molar-refractivity contribution is 5.56. The van der Waals surface area contributed by atoms with E-state index in [0.717, 1.165) is 12.0 Å². The quantitative estimate of drug-likeness (QED) is 0.778. The number of aromatic nitrogens is 3. The van der Waals surface area contributed by atoms with Crippen molar-refractivity contribution in [3.05, 3.63) is 39.9 Å². The minimum atomic E-state index is -0.133. The van der Waals surface area contributed by atoms with E-state index < -0.39 is 0 Å². The van der Waals surface area contributed by atoms with Crippen molar-refractivity contribution in [1.29, 1.82) is 0 Å². The maximum atomic E-state index is 11.8. The van der Waals surface area contributed by atoms with Crippen molar-refractivity contribution in [1.82, 2.24) is 15.0 Å². The first-order chi connectivity index (χ1) is 10.0. The van der Waals surface area contributed by atoms with Crippen LogP contribution in [0.3, 0.4) is 0 Å². The summed E-state index contributed by atoms with van der Waals surface area (Å²) in [6.45, 7) is 5.61. The van der Waals surface area contributed by atoms with Gasteiger partial charge < -0.3 is 15.4 Å². The molecule has 0 aliphatic carbocycles. The molecule has 3 N–H and O–H groups in total. The van der Waals surface area contributed by atoms with Crippen LogP contribution in [0.15, 0.2) is 23.1 Å². The zero-order valence-electron chi connectivity index (χ0n) is 12.5. The summed E-state index contributed by atoms with van der Waals surface area (Å²) in [5, 5.41) is 12.3. The number of H-pyrrole nitrogens is 1. The number of hydrogen-bond acceptors (Lipinski definition) is 5. The fraction of sp³-hybridized carbons (Fsp3) is 0.400. The average molecular weight is 288 g/mol. The Morgan fingerprint density at radius 1 is 1.38 bits per heavy atom. The number of pyridine rings is 1. The second-order valence-electron chi connectivity index (χ2n) is 4.99. The SMILES string of the molecule is CC[C@@H](CO)Nc1ccc(-c2nc(C)c(C)c(=O)[nH]2)cn1. The molecule has 0 aromatic carbocycles. The third kappa shape index (κ3) is 3.46. The second-order valence-corrected chi connectivity index (χ2v) is 4.99. The number of aliphatic hydroxyl groups excluding tert-OH is 1. The number of hydrogen-bond donors (Lipinski definition) is 3. The lowest BCUT2D eigenvalue weighted by molar-refractivity contribution is 0.271. The normalized spacial score (nSPS) is 12.2. The predicted octanol–water partition coefficient (Wildman–Crippen LogP) is 1.63. The van der Waals surface area contributed by atoms with Gasteiger partial charge in [0.2, 0.25) is 0 Å². The Morgan fingerprint density at radius 3 is 2.67 bits per heavy atom. The van der Waals surface area contributed by atoms with Crippen LogP contribution in [-0.4, -0.2) is 32.7 Å². The number of nitrogens with zero attached hydrogens (tertiary/aromatic N) is 2. The van der Waals surface area contributed by atoms with E-state index in [1.165, 1.54) is 0 Å². The highest BCUT2D eigenvalue weighted by atomic mass is 16.3. The molecule has 0 amide bonds. The Balaban J connectivity index is 2.25. The van der Waals surface area contributed by atoms with Gasteiger partial charge in [0.1, 0.15) is 11.6 Å². The van der Waals surface area contributed by atoms with Gasteiger partial charge in [-0.3, -0.25) is 4.79 Å². The van der Waals surface area contributed by atoms with Crippen LogP contribution in [-0.2, 0) is 0 Å². The summed E-state index contributed by atoms with van der Waals surface area (Å²) in [4.78, 5) is 23.2. The lowest BCUT2D eigenvalue weighted by Crippen LogP contribution is -2.23. The van der Waals surface area contributed by atoms with E-state index in [0.29, 0.717) is 22.9 Å². The number of nitrogens with one attached hydrogen (secondary N) is 2. The summed E-state index contributed by atoms with van der Waals surface area (Å²) >= 11 is 0. The zero-order chi connectivity index (χ0) is 15.4. The smallest absolute Gasteiger partial charge is 0.254 e. The van der Waals surface area contributed by atoms with Crippen molar-refractivity contribution >= 4 is 5.82 Å². The molecule has 1 atom stereocenters. The number of aromatic amines is 1. The van der Waals surface area contributed by atoms with Crippen molar-refractivity contribution in [3.8, 4) is 11.4 Å². The van der Waals surface area contributed by atoms with Gasteiger partial charge in [-0.15, -0.1) is 0 Å². The first-order valence-corrected chi connectivity index (χ1v) is 6.96. The van der Waals surface area contributed by atoms with E-state index in [1.807, 2.05) is 26.0 Å². The van der Waals surface area contributed by atoms with Crippen LogP contribution in [0, 0.1) is 13.8 Å². The minimum absolute atomic E-state index is 0.0112. The molecule has 6 nitrogen and oxygen atoms in total. The van der Waals surface area contributed by atoms with Crippen molar-refractivity contribution < 1.29 is 5.11 Å². The van der Waals surface area contributed by atoms with Gasteiger partial charge in [0.05, 0.1) is 12.6 Å². The van der Waals surface area contributed by atoms with Gasteiger partial charge in [0.15, 0.2) is 0 Å². The molecule has 0 saturated heterocycles. The van der Waals surface area contributed by atoms with Crippen LogP contribution < -0.4 is 10.9 Å². The number of rotatable bonds is 5. The summed E-state index contributed by atoms with van der Waals surface area (Å²) in [5.74, 6) is 1.20. The van der Waals surface area contributed by atoms with Gasteiger partial charge >= 0.3 is 0 Å². The lowest BCUT2D eigenvalue weighted by Gasteiger charge is -2.14. The molecule has 0 bridgehead atoms. The van der Waals surface area contributed by atoms with Crippen molar-refractivity contribution in [3.63, 3.8) is 0 Å². The third-order valence-corrected chi connectivity index (χ3v) is 3.50. The Kier molecular flexibility index (Phi) is 4.70. The van der Waals surface area contributed by atoms with Gasteiger partial charge in [-0.25, -0.2) is 9.97 Å². The van der Waals surface area contributed by atoms with E-state index in [9.17, 15) is 4.79 Å². The molecule has 0 unspecified atom stereocenters. The van der Waals surface area contributed by atoms with Crippen LogP contribution in [0.5, 0.6) is 0 Å². The maximum Gasteiger partial charge on any atom is 0.254 e. The van der Waals surface area contributed by atoms with E-state index in [4.69, 9.17) is 5.11 Å². The first-order valence-electron chi connectivity index (χ1n) is 6.96. The Morgan fingerprint density at radius 2 is 2.14 bits per heavy atom. The van der Waals surface area contributed by atoms with Gasteiger partial charge in [-0.05, 0) is 32.4 Å². The topological polar surface area (TPSA) is 90.9 Å². The number of anilines is 1. The van der Waals surface area contributed by atoms with E-state index in [1.54, 1.807) is 13.1 Å². The van der Waals surface area contributed by atoms with E-state index in [-0.39, 0.29) is 18.2 Å². The van der Waals surface area contributed by atoms with Gasteiger partial charge in [0, 0.05) is 23.0 Å². The Bertz CT molecular complexity index is 660. The maximum absolute atomic E-state index is 11.8. The first kappa shape index (κ1) is 15.2. The Hall–Kier alpha value is -2.21. The molecule has 112 valence electrons. The average Bonchev–Trinajstić information content (AvgIpc) is 2.50. The van der Waals surface area contributed by atoms with Crippen LogP contribution in [0.1, 0.15) is 24.6 Å². The third-order valence-electron chi connectivity index (χ3n) is 3.50. The Labute approximate surface area is 123 Å². The second kappa shape index (κ2) is 6.49. The van der Waals surface area contributed by atoms with Crippen molar-refractivity contribution in [2.75, 3.05) is 11.9 Å². The van der Waals surface area contributed by atoms with Gasteiger partial charge in [-0.2, -0.15) is 0 Å². The molecular formula is C15H20N4O2. The number of aryl methyl sites for hydroxylation is 1. The molecule has 0 aliphatic heterocycles. The van der Waals surface area contributed by atoms with Crippen LogP contribution >= 0.6 is 0 Å². The van der Waals surface area contributed by atoms with Crippen LogP contribution in [0.25, 0.3) is 11.4 Å². The summed E-state index contributed by atoms with van der Waals surface area (Å²) in [7, 11) is 0. The zero-order valence-corrected chi connectivity index (χ0v) is 12.5. The van der Waals surface area contributed by atoms with E-state index >= 15 is 0 Å². The van der Waals surface area contributed by atoms with Crippen molar-refractivity contribution in [2.24, 2.45) is 0 Å². The molecule has 2 aromatic heterocycles. The molecule has 2 heterocycles. The number of aliphatic hydroxyl groups is 1. The summed E-state index contributed by atoms with van der Waals surface area (Å²) in [5.41, 5.74) is 1.95. The summed E-state index contributed by atoms with van der Waals surface area (Å²) in [6.07, 6.45) is 2.46. The summed E-state index contributed by atoms with van der Waals surface area (Å²) < 4.78 is 0. The molecule has 2 rings (SSSR count). The molecule has 0 saturated carbocycles. The molecule has 0 aliphatic rings. The fourth-order valence-electron chi connectivity index (χ4n) is 1.89. The lowest BCUT2D eigenvalue weighted by atomic mass is 10.2. The largest absolute Gasteiger partial charge is 0.394 e. The van der Waals surface area contributed by atoms with Crippen LogP contribution in [0.4, 0.5) is 5.82 Å².